The molecule has 7 heteroatoms. The molecule has 0 spiro atoms. The van der Waals surface area contributed by atoms with Crippen LogP contribution in [-0.4, -0.2) is 44.5 Å². The number of methoxy groups -OCH3 is 1. The lowest BCUT2D eigenvalue weighted by Gasteiger charge is -2.13. The molecular weight excluding hydrogens is 272 g/mol. The Morgan fingerprint density at radius 3 is 2.76 bits per heavy atom. The van der Waals surface area contributed by atoms with Gasteiger partial charge in [0.25, 0.3) is 0 Å². The van der Waals surface area contributed by atoms with Crippen LogP contribution in [0.3, 0.4) is 0 Å². The predicted molar refractivity (Wildman–Crippen MR) is 75.8 cm³/mol. The molecule has 1 unspecified atom stereocenters. The van der Waals surface area contributed by atoms with Crippen molar-refractivity contribution in [2.45, 2.75) is 32.9 Å². The SMILES string of the molecule is COC(CC(=O)O)Cn1nnnc1-c1ccc(C)c(C)c1. The van der Waals surface area contributed by atoms with E-state index in [0.717, 1.165) is 11.1 Å². The van der Waals surface area contributed by atoms with E-state index in [9.17, 15) is 4.79 Å². The molecule has 0 radical (unpaired) electrons. The van der Waals surface area contributed by atoms with Crippen molar-refractivity contribution < 1.29 is 14.6 Å². The van der Waals surface area contributed by atoms with Gasteiger partial charge in [-0.1, -0.05) is 12.1 Å². The molecule has 0 bridgehead atoms. The molecule has 0 aliphatic heterocycles. The molecule has 2 aromatic rings. The van der Waals surface area contributed by atoms with E-state index in [4.69, 9.17) is 9.84 Å². The minimum absolute atomic E-state index is 0.0945. The van der Waals surface area contributed by atoms with Crippen LogP contribution in [0.1, 0.15) is 17.5 Å². The minimum atomic E-state index is -0.914. The number of hydrogen-bond donors (Lipinski definition) is 1. The number of benzene rings is 1. The van der Waals surface area contributed by atoms with Crippen LogP contribution in [0.2, 0.25) is 0 Å². The largest absolute Gasteiger partial charge is 0.481 e. The van der Waals surface area contributed by atoms with Crippen molar-refractivity contribution in [3.8, 4) is 11.4 Å². The Bertz CT molecular complexity index is 639. The summed E-state index contributed by atoms with van der Waals surface area (Å²) in [5, 5.41) is 20.5. The Balaban J connectivity index is 2.25. The molecule has 112 valence electrons. The first-order chi connectivity index (χ1) is 10.0. The second kappa shape index (κ2) is 6.45. The Kier molecular flexibility index (Phi) is 4.64. The highest BCUT2D eigenvalue weighted by atomic mass is 16.5. The van der Waals surface area contributed by atoms with Gasteiger partial charge >= 0.3 is 5.97 Å². The number of hydrogen-bond acceptors (Lipinski definition) is 5. The molecule has 21 heavy (non-hydrogen) atoms. The van der Waals surface area contributed by atoms with Crippen molar-refractivity contribution in [3.05, 3.63) is 29.3 Å². The molecule has 1 aromatic carbocycles. The van der Waals surface area contributed by atoms with Gasteiger partial charge in [0, 0.05) is 12.7 Å². The van der Waals surface area contributed by atoms with E-state index >= 15 is 0 Å². The summed E-state index contributed by atoms with van der Waals surface area (Å²) < 4.78 is 6.74. The Morgan fingerprint density at radius 2 is 2.14 bits per heavy atom. The number of aryl methyl sites for hydroxylation is 2. The van der Waals surface area contributed by atoms with E-state index in [2.05, 4.69) is 15.5 Å². The molecule has 0 amide bonds. The van der Waals surface area contributed by atoms with Gasteiger partial charge in [-0.3, -0.25) is 4.79 Å². The van der Waals surface area contributed by atoms with Crippen LogP contribution in [0.4, 0.5) is 0 Å². The number of aromatic nitrogens is 4. The maximum Gasteiger partial charge on any atom is 0.306 e. The molecular formula is C14H18N4O3. The molecule has 2 rings (SSSR count). The molecule has 0 saturated heterocycles. The van der Waals surface area contributed by atoms with Crippen molar-refractivity contribution in [2.24, 2.45) is 0 Å². The van der Waals surface area contributed by atoms with Crippen molar-refractivity contribution in [1.82, 2.24) is 20.2 Å². The second-order valence-corrected chi connectivity index (χ2v) is 4.94. The number of carbonyl (C=O) groups is 1. The Morgan fingerprint density at radius 1 is 1.38 bits per heavy atom. The zero-order valence-corrected chi connectivity index (χ0v) is 12.3. The van der Waals surface area contributed by atoms with Crippen LogP contribution in [0.15, 0.2) is 18.2 Å². The molecule has 0 aliphatic carbocycles. The van der Waals surface area contributed by atoms with Gasteiger partial charge in [-0.15, -0.1) is 5.10 Å². The smallest absolute Gasteiger partial charge is 0.306 e. The number of rotatable bonds is 6. The van der Waals surface area contributed by atoms with Crippen LogP contribution in [0, 0.1) is 13.8 Å². The second-order valence-electron chi connectivity index (χ2n) is 4.94. The van der Waals surface area contributed by atoms with E-state index in [1.807, 2.05) is 32.0 Å². The van der Waals surface area contributed by atoms with Crippen molar-refractivity contribution >= 4 is 5.97 Å². The average Bonchev–Trinajstić information content (AvgIpc) is 2.88. The summed E-state index contributed by atoms with van der Waals surface area (Å²) in [6.45, 7) is 4.35. The molecule has 1 aromatic heterocycles. The highest BCUT2D eigenvalue weighted by Crippen LogP contribution is 2.20. The molecule has 1 heterocycles. The van der Waals surface area contributed by atoms with Crippen LogP contribution >= 0.6 is 0 Å². The summed E-state index contributed by atoms with van der Waals surface area (Å²) in [5.74, 6) is -0.312. The number of ether oxygens (including phenoxy) is 1. The van der Waals surface area contributed by atoms with Crippen LogP contribution in [0.5, 0.6) is 0 Å². The summed E-state index contributed by atoms with van der Waals surface area (Å²) in [6.07, 6.45) is -0.570. The number of carboxylic acid groups (broad SMARTS) is 1. The van der Waals surface area contributed by atoms with Crippen LogP contribution in [-0.2, 0) is 16.1 Å². The molecule has 0 fully saturated rings. The van der Waals surface area contributed by atoms with Gasteiger partial charge in [0.05, 0.1) is 19.1 Å². The van der Waals surface area contributed by atoms with Gasteiger partial charge in [0.15, 0.2) is 5.82 Å². The van der Waals surface area contributed by atoms with E-state index in [1.165, 1.54) is 12.7 Å². The first kappa shape index (κ1) is 15.1. The van der Waals surface area contributed by atoms with Gasteiger partial charge in [-0.2, -0.15) is 0 Å². The third-order valence-corrected chi connectivity index (χ3v) is 3.41. The number of tetrazole rings is 1. The topological polar surface area (TPSA) is 90.1 Å². The maximum atomic E-state index is 10.8. The highest BCUT2D eigenvalue weighted by molar-refractivity contribution is 5.67. The van der Waals surface area contributed by atoms with E-state index < -0.39 is 12.1 Å². The van der Waals surface area contributed by atoms with Crippen molar-refractivity contribution in [3.63, 3.8) is 0 Å². The fourth-order valence-electron chi connectivity index (χ4n) is 2.02. The summed E-state index contributed by atoms with van der Waals surface area (Å²) in [4.78, 5) is 10.8. The summed E-state index contributed by atoms with van der Waals surface area (Å²) in [7, 11) is 1.48. The lowest BCUT2D eigenvalue weighted by molar-refractivity contribution is -0.139. The normalized spacial score (nSPS) is 12.3. The number of nitrogens with zero attached hydrogens (tertiary/aromatic N) is 4. The first-order valence-corrected chi connectivity index (χ1v) is 6.59. The first-order valence-electron chi connectivity index (χ1n) is 6.59. The maximum absolute atomic E-state index is 10.8. The van der Waals surface area contributed by atoms with Gasteiger partial charge < -0.3 is 9.84 Å². The standard InChI is InChI=1S/C14H18N4O3/c1-9-4-5-11(6-10(9)2)14-15-16-17-18(14)8-12(21-3)7-13(19)20/h4-6,12H,7-8H2,1-3H3,(H,19,20). The molecule has 1 N–H and O–H groups in total. The molecule has 0 aliphatic rings. The molecule has 0 saturated carbocycles. The van der Waals surface area contributed by atoms with Gasteiger partial charge in [0.2, 0.25) is 0 Å². The van der Waals surface area contributed by atoms with Crippen LogP contribution in [0.25, 0.3) is 11.4 Å². The lowest BCUT2D eigenvalue weighted by Crippen LogP contribution is -2.23. The minimum Gasteiger partial charge on any atom is -0.481 e. The summed E-state index contributed by atoms with van der Waals surface area (Å²) >= 11 is 0. The quantitative estimate of drug-likeness (QED) is 0.866. The fourth-order valence-corrected chi connectivity index (χ4v) is 2.02. The van der Waals surface area contributed by atoms with Gasteiger partial charge in [0.1, 0.15) is 0 Å². The average molecular weight is 290 g/mol. The fraction of sp³-hybridized carbons (Fsp3) is 0.429. The molecule has 1 atom stereocenters. The van der Waals surface area contributed by atoms with E-state index in [-0.39, 0.29) is 13.0 Å². The number of aliphatic carboxylic acids is 1. The summed E-state index contributed by atoms with van der Waals surface area (Å²) in [5.41, 5.74) is 3.24. The van der Waals surface area contributed by atoms with E-state index in [0.29, 0.717) is 5.82 Å². The predicted octanol–water partition coefficient (Wildman–Crippen LogP) is 1.45. The monoisotopic (exact) mass is 290 g/mol. The van der Waals surface area contributed by atoms with Gasteiger partial charge in [-0.05, 0) is 41.5 Å². The zero-order valence-electron chi connectivity index (χ0n) is 12.3. The van der Waals surface area contributed by atoms with Crippen LogP contribution < -0.4 is 0 Å². The lowest BCUT2D eigenvalue weighted by atomic mass is 10.1. The molecule has 7 nitrogen and oxygen atoms in total. The van der Waals surface area contributed by atoms with Crippen molar-refractivity contribution in [1.29, 1.82) is 0 Å². The van der Waals surface area contributed by atoms with Gasteiger partial charge in [-0.25, -0.2) is 4.68 Å². The Hall–Kier alpha value is -2.28. The van der Waals surface area contributed by atoms with E-state index in [1.54, 1.807) is 4.68 Å². The Labute approximate surface area is 122 Å². The van der Waals surface area contributed by atoms with Crippen molar-refractivity contribution in [2.75, 3.05) is 7.11 Å². The third kappa shape index (κ3) is 3.63. The third-order valence-electron chi connectivity index (χ3n) is 3.41. The summed E-state index contributed by atoms with van der Waals surface area (Å²) in [6, 6.07) is 5.97. The zero-order chi connectivity index (χ0) is 15.4. The number of carboxylic acids is 1. The highest BCUT2D eigenvalue weighted by Gasteiger charge is 2.17.